The van der Waals surface area contributed by atoms with Gasteiger partial charge >= 0.3 is 0 Å². The average molecular weight is 970 g/mol. The third kappa shape index (κ3) is 10.1. The second kappa shape index (κ2) is 22.5. The number of para-hydroxylation sites is 2. The molecule has 5 aromatic carbocycles. The summed E-state index contributed by atoms with van der Waals surface area (Å²) in [5.41, 5.74) is 23.8. The molecule has 11 rings (SSSR count). The van der Waals surface area contributed by atoms with Crippen LogP contribution in [0.15, 0.2) is 250 Å². The summed E-state index contributed by atoms with van der Waals surface area (Å²) in [5.74, 6) is 1.07. The summed E-state index contributed by atoms with van der Waals surface area (Å²) in [7, 11) is 0. The first-order valence-electron chi connectivity index (χ1n) is 27.5. The smallest absolute Gasteiger partial charge is 0.143 e. The molecule has 0 spiro atoms. The van der Waals surface area contributed by atoms with Crippen LogP contribution in [0.5, 0.6) is 0 Å². The molecule has 8 atom stereocenters. The van der Waals surface area contributed by atoms with E-state index in [2.05, 4.69) is 220 Å². The van der Waals surface area contributed by atoms with Gasteiger partial charge in [0, 0.05) is 63.0 Å². The second-order valence-electron chi connectivity index (χ2n) is 21.1. The van der Waals surface area contributed by atoms with E-state index >= 15 is 0 Å². The standard InChI is InChI=1S/C70H71N3O/c1-4-25-57(50-26-13-8-14-27-50)64(51-28-15-9-16-29-51)69-61-38-20-19-37-60(61)65(68(73-69)54-32-17-10-18-33-54)52-44-42-49(43-45-52)48(3)72-67(47(2)66(71)53-30-11-6-5-7-12-31-53)56-35-23-34-55(46-56)58-39-24-40-62-59-36-21-22-41-63(59)74-70(58)62/h4,9-11,13,15-18,20-36,38-42,44-49,60-61,65-66,68,73H,1,5-8,12,14,19,37,43,71H2,2-3H3/b30-11?,53-31?,57-25-,69-64-,72-67?. The van der Waals surface area contributed by atoms with Gasteiger partial charge in [0.15, 0.2) is 0 Å². The Kier molecular flexibility index (Phi) is 14.9. The van der Waals surface area contributed by atoms with Crippen molar-refractivity contribution in [2.45, 2.75) is 89.8 Å². The lowest BCUT2D eigenvalue weighted by Gasteiger charge is -2.48. The van der Waals surface area contributed by atoms with E-state index < -0.39 is 0 Å². The topological polar surface area (TPSA) is 63.5 Å². The summed E-state index contributed by atoms with van der Waals surface area (Å²) in [6, 6.07) is 45.8. The van der Waals surface area contributed by atoms with Crippen LogP contribution in [0.3, 0.4) is 0 Å². The molecule has 4 heteroatoms. The van der Waals surface area contributed by atoms with E-state index in [-0.39, 0.29) is 41.8 Å². The highest BCUT2D eigenvalue weighted by molar-refractivity contribution is 6.10. The van der Waals surface area contributed by atoms with Crippen LogP contribution in [-0.4, -0.2) is 17.8 Å². The molecule has 1 aliphatic heterocycles. The first kappa shape index (κ1) is 49.0. The molecular formula is C70H71N3O. The fourth-order valence-electron chi connectivity index (χ4n) is 12.6. The average Bonchev–Trinajstić information content (AvgIpc) is 3.84. The predicted octanol–water partition coefficient (Wildman–Crippen LogP) is 17.3. The molecule has 0 saturated carbocycles. The zero-order valence-corrected chi connectivity index (χ0v) is 43.3. The minimum atomic E-state index is -0.196. The monoisotopic (exact) mass is 970 g/mol. The van der Waals surface area contributed by atoms with Gasteiger partial charge in [-0.3, -0.25) is 4.99 Å². The molecule has 2 heterocycles. The van der Waals surface area contributed by atoms with Crippen molar-refractivity contribution in [1.29, 1.82) is 0 Å². The van der Waals surface area contributed by atoms with E-state index in [4.69, 9.17) is 15.1 Å². The Labute approximate surface area is 439 Å². The number of piperidine rings is 1. The van der Waals surface area contributed by atoms with Gasteiger partial charge in [-0.2, -0.15) is 0 Å². The number of allylic oxidation sites excluding steroid dienone is 14. The third-order valence-corrected chi connectivity index (χ3v) is 16.5. The fraction of sp³-hybridized carbons (Fsp3) is 0.271. The molecule has 74 heavy (non-hydrogen) atoms. The number of nitrogens with zero attached hydrogens (tertiary/aromatic N) is 1. The highest BCUT2D eigenvalue weighted by atomic mass is 16.3. The molecule has 8 unspecified atom stereocenters. The molecule has 0 radical (unpaired) electrons. The summed E-state index contributed by atoms with van der Waals surface area (Å²) in [6.45, 7) is 8.83. The van der Waals surface area contributed by atoms with Crippen LogP contribution in [0.4, 0.5) is 0 Å². The number of furan rings is 1. The number of benzene rings is 5. The number of nitrogens with one attached hydrogen (secondary N) is 1. The maximum absolute atomic E-state index is 7.35. The lowest BCUT2D eigenvalue weighted by molar-refractivity contribution is 0.194. The van der Waals surface area contributed by atoms with E-state index in [0.29, 0.717) is 5.92 Å². The molecular weight excluding hydrogens is 899 g/mol. The van der Waals surface area contributed by atoms with Gasteiger partial charge in [0.2, 0.25) is 0 Å². The van der Waals surface area contributed by atoms with Crippen LogP contribution in [0.2, 0.25) is 0 Å². The van der Waals surface area contributed by atoms with Crippen LogP contribution in [0, 0.1) is 29.6 Å². The molecule has 4 nitrogen and oxygen atoms in total. The summed E-state index contributed by atoms with van der Waals surface area (Å²) < 4.78 is 6.56. The van der Waals surface area contributed by atoms with Gasteiger partial charge in [0.1, 0.15) is 11.2 Å². The Morgan fingerprint density at radius 1 is 0.730 bits per heavy atom. The van der Waals surface area contributed by atoms with E-state index in [1.165, 1.54) is 57.5 Å². The maximum Gasteiger partial charge on any atom is 0.143 e. The molecule has 1 saturated heterocycles. The van der Waals surface area contributed by atoms with Crippen LogP contribution < -0.4 is 11.1 Å². The SMILES string of the molecule is C=C/C=C(C1=CCCC=C1)\C(=C1/NC(c2ccccc2)C(C2=CCC(C(C)N=C(c3cccc(-c4cccc5c4oc4ccccc45)c3)C(C)C(N)C3=CCCCCC=C3)C=C2)C2CCC=CC12)c1ccccc1. The molecule has 0 amide bonds. The Morgan fingerprint density at radius 3 is 2.31 bits per heavy atom. The van der Waals surface area contributed by atoms with E-state index in [1.807, 2.05) is 12.1 Å². The van der Waals surface area contributed by atoms with Gasteiger partial charge in [-0.1, -0.05) is 208 Å². The Bertz CT molecular complexity index is 3330. The van der Waals surface area contributed by atoms with Gasteiger partial charge in [0.25, 0.3) is 0 Å². The lowest BCUT2D eigenvalue weighted by atomic mass is 9.63. The third-order valence-electron chi connectivity index (χ3n) is 16.5. The summed E-state index contributed by atoms with van der Waals surface area (Å²) in [4.78, 5) is 5.79. The number of hydrogen-bond acceptors (Lipinski definition) is 4. The van der Waals surface area contributed by atoms with Crippen LogP contribution in [0.25, 0.3) is 38.6 Å². The second-order valence-corrected chi connectivity index (χ2v) is 21.1. The van der Waals surface area contributed by atoms with Crippen molar-refractivity contribution in [3.8, 4) is 11.1 Å². The Morgan fingerprint density at radius 2 is 1.50 bits per heavy atom. The Balaban J connectivity index is 0.950. The minimum Gasteiger partial charge on any atom is -0.455 e. The van der Waals surface area contributed by atoms with Crippen molar-refractivity contribution < 1.29 is 4.42 Å². The molecule has 1 aromatic heterocycles. The highest BCUT2D eigenvalue weighted by Crippen LogP contribution is 2.52. The molecule has 0 bridgehead atoms. The van der Waals surface area contributed by atoms with Crippen molar-refractivity contribution in [3.63, 3.8) is 0 Å². The first-order valence-corrected chi connectivity index (χ1v) is 27.5. The maximum atomic E-state index is 7.35. The number of nitrogens with two attached hydrogens (primary N) is 1. The zero-order chi connectivity index (χ0) is 50.4. The molecule has 4 aliphatic carbocycles. The largest absolute Gasteiger partial charge is 0.455 e. The number of fused-ring (bicyclic) bond motifs is 4. The van der Waals surface area contributed by atoms with E-state index in [1.54, 1.807) is 0 Å². The summed E-state index contributed by atoms with van der Waals surface area (Å²) >= 11 is 0. The Hall–Kier alpha value is -7.27. The number of hydrogen-bond donors (Lipinski definition) is 2. The minimum absolute atomic E-state index is 0.0129. The normalized spacial score (nSPS) is 24.1. The van der Waals surface area contributed by atoms with Gasteiger partial charge in [-0.15, -0.1) is 0 Å². The van der Waals surface area contributed by atoms with Crippen molar-refractivity contribution in [2.24, 2.45) is 40.3 Å². The quantitative estimate of drug-likeness (QED) is 0.0689. The molecule has 1 fully saturated rings. The number of aliphatic imine (C=N–C) groups is 1. The van der Waals surface area contributed by atoms with Crippen molar-refractivity contribution in [2.75, 3.05) is 0 Å². The molecule has 372 valence electrons. The number of rotatable bonds is 13. The van der Waals surface area contributed by atoms with Gasteiger partial charge in [-0.05, 0) is 127 Å². The van der Waals surface area contributed by atoms with Crippen molar-refractivity contribution >= 4 is 33.2 Å². The van der Waals surface area contributed by atoms with Gasteiger partial charge < -0.3 is 15.5 Å². The molecule has 6 aromatic rings. The zero-order valence-electron chi connectivity index (χ0n) is 43.3. The van der Waals surface area contributed by atoms with Gasteiger partial charge in [0.05, 0.1) is 12.1 Å². The van der Waals surface area contributed by atoms with Crippen LogP contribution in [0.1, 0.15) is 94.4 Å². The molecule has 3 N–H and O–H groups in total. The van der Waals surface area contributed by atoms with Crippen molar-refractivity contribution in [3.05, 3.63) is 258 Å². The van der Waals surface area contributed by atoms with Crippen molar-refractivity contribution in [1.82, 2.24) is 5.32 Å². The van der Waals surface area contributed by atoms with E-state index in [0.717, 1.165) is 89.3 Å². The highest BCUT2D eigenvalue weighted by Gasteiger charge is 2.45. The van der Waals surface area contributed by atoms with Gasteiger partial charge in [-0.25, -0.2) is 0 Å². The predicted molar refractivity (Wildman–Crippen MR) is 313 cm³/mol. The van der Waals surface area contributed by atoms with Crippen LogP contribution in [-0.2, 0) is 0 Å². The summed E-state index contributed by atoms with van der Waals surface area (Å²) in [5, 5.41) is 6.60. The van der Waals surface area contributed by atoms with E-state index in [9.17, 15) is 0 Å². The molecule has 5 aliphatic rings. The lowest BCUT2D eigenvalue weighted by Crippen LogP contribution is -2.46. The summed E-state index contributed by atoms with van der Waals surface area (Å²) in [6.07, 6.45) is 40.4. The fourth-order valence-corrected chi connectivity index (χ4v) is 12.6. The van der Waals surface area contributed by atoms with Crippen LogP contribution >= 0.6 is 0 Å². The first-order chi connectivity index (χ1) is 36.4.